The van der Waals surface area contributed by atoms with E-state index in [9.17, 15) is 0 Å². The first kappa shape index (κ1) is 20.7. The van der Waals surface area contributed by atoms with Crippen molar-refractivity contribution in [2.45, 2.75) is 70.0 Å². The van der Waals surface area contributed by atoms with Crippen LogP contribution in [0.15, 0.2) is 11.6 Å². The van der Waals surface area contributed by atoms with Crippen LogP contribution < -0.4 is 0 Å². The Kier molecular flexibility index (Phi) is 6.73. The molecule has 6 nitrogen and oxygen atoms in total. The highest BCUT2D eigenvalue weighted by Gasteiger charge is 2.60. The predicted molar refractivity (Wildman–Crippen MR) is 109 cm³/mol. The second-order valence-corrected chi connectivity index (χ2v) is 8.90. The number of rotatable bonds is 6. The van der Waals surface area contributed by atoms with E-state index < -0.39 is 17.9 Å². The molecule has 3 aliphatic heterocycles. The number of ether oxygens (including phenoxy) is 6. The van der Waals surface area contributed by atoms with Gasteiger partial charge >= 0.3 is 0 Å². The maximum atomic E-state index is 6.11. The van der Waals surface area contributed by atoms with Crippen molar-refractivity contribution in [1.29, 1.82) is 0 Å². The predicted octanol–water partition coefficient (Wildman–Crippen LogP) is 3.20. The molecule has 0 N–H and O–H groups in total. The molecule has 3 aliphatic rings. The van der Waals surface area contributed by atoms with Crippen LogP contribution in [0.2, 0.25) is 0 Å². The number of alkyl halides is 2. The Hall–Kier alpha value is 0.960. The minimum atomic E-state index is -0.691. The summed E-state index contributed by atoms with van der Waals surface area (Å²) in [7, 11) is 0. The highest BCUT2D eigenvalue weighted by atomic mass is 127. The minimum absolute atomic E-state index is 0.223. The summed E-state index contributed by atoms with van der Waals surface area (Å²) in [6, 6.07) is 0. The molecule has 3 heterocycles. The van der Waals surface area contributed by atoms with E-state index in [0.29, 0.717) is 13.2 Å². The summed E-state index contributed by atoms with van der Waals surface area (Å²) >= 11 is 4.74. The van der Waals surface area contributed by atoms with Crippen molar-refractivity contribution >= 4 is 45.2 Å². The number of fused-ring (bicyclic) bond motifs is 3. The first-order valence-electron chi connectivity index (χ1n) is 8.49. The average molecular weight is 580 g/mol. The molecule has 0 spiro atoms. The summed E-state index contributed by atoms with van der Waals surface area (Å²) in [5.41, 5.74) is 1.37. The van der Waals surface area contributed by atoms with Crippen molar-refractivity contribution in [2.24, 2.45) is 0 Å². The van der Waals surface area contributed by atoms with E-state index >= 15 is 0 Å². The average Bonchev–Trinajstić information content (AvgIpc) is 3.01. The standard InChI is InChI=1S/C17H26I2O6/c1-16(2)22-12-11(9-20-6-5-10(7-18)8-19)21-15-14(13(12)23-16)24-17(3,4)25-15/h5,11-15H,6-9H2,1-4H3/t11?,12-,13?,14?,15+/m0/s1. The summed E-state index contributed by atoms with van der Waals surface area (Å²) < 4.78 is 38.0. The molecule has 0 aromatic carbocycles. The number of hydrogen-bond acceptors (Lipinski definition) is 6. The van der Waals surface area contributed by atoms with Crippen molar-refractivity contribution in [3.8, 4) is 0 Å². The molecule has 3 fully saturated rings. The van der Waals surface area contributed by atoms with E-state index in [0.717, 1.165) is 8.86 Å². The first-order valence-corrected chi connectivity index (χ1v) is 11.5. The molecule has 0 aromatic rings. The van der Waals surface area contributed by atoms with Crippen molar-refractivity contribution < 1.29 is 28.4 Å². The highest BCUT2D eigenvalue weighted by Crippen LogP contribution is 2.44. The zero-order chi connectivity index (χ0) is 18.2. The molecule has 3 rings (SSSR count). The van der Waals surface area contributed by atoms with Gasteiger partial charge < -0.3 is 28.4 Å². The van der Waals surface area contributed by atoms with Crippen LogP contribution in [-0.4, -0.2) is 64.3 Å². The van der Waals surface area contributed by atoms with E-state index in [-0.39, 0.29) is 24.4 Å². The molecule has 0 bridgehead atoms. The molecule has 0 amide bonds. The second-order valence-electron chi connectivity index (χ2n) is 7.37. The number of hydrogen-bond donors (Lipinski definition) is 0. The maximum absolute atomic E-state index is 6.11. The van der Waals surface area contributed by atoms with Crippen LogP contribution in [0, 0.1) is 0 Å². The normalized spacial score (nSPS) is 38.2. The third kappa shape index (κ3) is 4.87. The van der Waals surface area contributed by atoms with Gasteiger partial charge in [-0.25, -0.2) is 0 Å². The smallest absolute Gasteiger partial charge is 0.190 e. The van der Waals surface area contributed by atoms with E-state index in [1.165, 1.54) is 5.57 Å². The Morgan fingerprint density at radius 1 is 0.920 bits per heavy atom. The highest BCUT2D eigenvalue weighted by molar-refractivity contribution is 14.1. The molecule has 0 saturated carbocycles. The van der Waals surface area contributed by atoms with Gasteiger partial charge in [0.25, 0.3) is 0 Å². The molecule has 0 aliphatic carbocycles. The fraction of sp³-hybridized carbons (Fsp3) is 0.882. The van der Waals surface area contributed by atoms with Gasteiger partial charge in [0, 0.05) is 8.86 Å². The lowest BCUT2D eigenvalue weighted by Gasteiger charge is -2.37. The molecular weight excluding hydrogens is 554 g/mol. The van der Waals surface area contributed by atoms with Crippen LogP contribution in [0.25, 0.3) is 0 Å². The molecule has 144 valence electrons. The zero-order valence-electron chi connectivity index (χ0n) is 15.0. The summed E-state index contributed by atoms with van der Waals surface area (Å²) in [6.07, 6.45) is 0.683. The molecule has 5 atom stereocenters. The van der Waals surface area contributed by atoms with Gasteiger partial charge in [0.15, 0.2) is 17.9 Å². The van der Waals surface area contributed by atoms with Gasteiger partial charge in [0.1, 0.15) is 24.4 Å². The van der Waals surface area contributed by atoms with Gasteiger partial charge in [-0.3, -0.25) is 0 Å². The molecule has 3 saturated heterocycles. The monoisotopic (exact) mass is 580 g/mol. The Balaban J connectivity index is 1.64. The fourth-order valence-corrected chi connectivity index (χ4v) is 5.53. The Morgan fingerprint density at radius 3 is 2.20 bits per heavy atom. The zero-order valence-corrected chi connectivity index (χ0v) is 19.3. The van der Waals surface area contributed by atoms with Crippen LogP contribution in [0.5, 0.6) is 0 Å². The lowest BCUT2D eigenvalue weighted by molar-refractivity contribution is -0.242. The summed E-state index contributed by atoms with van der Waals surface area (Å²) in [5.74, 6) is -1.36. The van der Waals surface area contributed by atoms with Crippen LogP contribution >= 0.6 is 45.2 Å². The molecule has 8 heteroatoms. The fourth-order valence-electron chi connectivity index (χ4n) is 3.33. The third-order valence-electron chi connectivity index (χ3n) is 4.37. The third-order valence-corrected chi connectivity index (χ3v) is 6.33. The van der Waals surface area contributed by atoms with Crippen molar-refractivity contribution in [2.75, 3.05) is 22.1 Å². The number of halogens is 2. The SMILES string of the molecule is CC1(C)OC2C3OC(C)(C)O[C@H]3C(COCC=C(CI)CI)O[C@@H]2O1. The largest absolute Gasteiger partial charge is 0.375 e. The van der Waals surface area contributed by atoms with Gasteiger partial charge in [0.05, 0.1) is 13.2 Å². The lowest BCUT2D eigenvalue weighted by Crippen LogP contribution is -2.56. The van der Waals surface area contributed by atoms with Crippen molar-refractivity contribution in [1.82, 2.24) is 0 Å². The Morgan fingerprint density at radius 2 is 1.52 bits per heavy atom. The summed E-state index contributed by atoms with van der Waals surface area (Å²) in [6.45, 7) is 8.59. The van der Waals surface area contributed by atoms with Crippen LogP contribution in [-0.2, 0) is 28.4 Å². The van der Waals surface area contributed by atoms with Gasteiger partial charge in [-0.15, -0.1) is 0 Å². The minimum Gasteiger partial charge on any atom is -0.375 e. The van der Waals surface area contributed by atoms with Crippen LogP contribution in [0.1, 0.15) is 27.7 Å². The second kappa shape index (κ2) is 8.14. The lowest BCUT2D eigenvalue weighted by atomic mass is 9.99. The molecule has 3 unspecified atom stereocenters. The summed E-state index contributed by atoms with van der Waals surface area (Å²) in [5, 5.41) is 0. The van der Waals surface area contributed by atoms with Crippen LogP contribution in [0.4, 0.5) is 0 Å². The van der Waals surface area contributed by atoms with E-state index in [4.69, 9.17) is 28.4 Å². The Bertz CT molecular complexity index is 503. The van der Waals surface area contributed by atoms with Crippen LogP contribution in [0.3, 0.4) is 0 Å². The quantitative estimate of drug-likeness (QED) is 0.209. The van der Waals surface area contributed by atoms with E-state index in [1.807, 2.05) is 27.7 Å². The Labute approximate surface area is 176 Å². The summed E-state index contributed by atoms with van der Waals surface area (Å²) in [4.78, 5) is 0. The van der Waals surface area contributed by atoms with Gasteiger partial charge in [-0.2, -0.15) is 0 Å². The van der Waals surface area contributed by atoms with Crippen molar-refractivity contribution in [3.05, 3.63) is 11.6 Å². The number of allylic oxidation sites excluding steroid dienone is 1. The van der Waals surface area contributed by atoms with Gasteiger partial charge in [-0.05, 0) is 27.7 Å². The molecule has 25 heavy (non-hydrogen) atoms. The van der Waals surface area contributed by atoms with E-state index in [1.54, 1.807) is 0 Å². The van der Waals surface area contributed by atoms with Gasteiger partial charge in [-0.1, -0.05) is 56.8 Å². The maximum Gasteiger partial charge on any atom is 0.190 e. The molecule has 0 aromatic heterocycles. The molecular formula is C17H26I2O6. The first-order chi connectivity index (χ1) is 11.7. The van der Waals surface area contributed by atoms with Gasteiger partial charge in [0.2, 0.25) is 0 Å². The molecule has 0 radical (unpaired) electrons. The van der Waals surface area contributed by atoms with E-state index in [2.05, 4.69) is 51.3 Å². The topological polar surface area (TPSA) is 55.4 Å². The van der Waals surface area contributed by atoms with Crippen molar-refractivity contribution in [3.63, 3.8) is 0 Å².